The molecule has 0 saturated heterocycles. The fourth-order valence-electron chi connectivity index (χ4n) is 6.12. The van der Waals surface area contributed by atoms with Crippen LogP contribution in [0.5, 0.6) is 0 Å². The third-order valence-electron chi connectivity index (χ3n) is 9.24. The van der Waals surface area contributed by atoms with Crippen LogP contribution in [0.3, 0.4) is 0 Å². The number of amides is 1. The van der Waals surface area contributed by atoms with E-state index in [9.17, 15) is 20.1 Å². The molecular weight excluding hydrogens is 570 g/mol. The molecule has 46 heavy (non-hydrogen) atoms. The zero-order valence-corrected chi connectivity index (χ0v) is 30.7. The molecule has 0 heterocycles. The summed E-state index contributed by atoms with van der Waals surface area (Å²) in [6.45, 7) is 4.19. The van der Waals surface area contributed by atoms with Crippen molar-refractivity contribution in [2.45, 2.75) is 225 Å². The molecule has 0 bridgehead atoms. The molecule has 0 rings (SSSR count). The molecule has 4 N–H and O–H groups in total. The molecule has 272 valence electrons. The van der Waals surface area contributed by atoms with E-state index >= 15 is 0 Å². The SMILES string of the molecule is CCCCCCCCCC/C=C/CC/C=C/C(O)C(CO)NC(=O)CC(O)CCCCCCCCCCCCCCCCCCC. The van der Waals surface area contributed by atoms with E-state index in [1.807, 2.05) is 6.08 Å². The van der Waals surface area contributed by atoms with Gasteiger partial charge in [-0.25, -0.2) is 0 Å². The van der Waals surface area contributed by atoms with Crippen molar-refractivity contribution in [2.24, 2.45) is 0 Å². The van der Waals surface area contributed by atoms with E-state index in [0.717, 1.165) is 32.1 Å². The van der Waals surface area contributed by atoms with Crippen molar-refractivity contribution in [1.29, 1.82) is 0 Å². The molecule has 3 unspecified atom stereocenters. The smallest absolute Gasteiger partial charge is 0.222 e. The molecule has 5 nitrogen and oxygen atoms in total. The highest BCUT2D eigenvalue weighted by molar-refractivity contribution is 5.76. The molecule has 0 aromatic heterocycles. The van der Waals surface area contributed by atoms with Gasteiger partial charge in [0, 0.05) is 0 Å². The summed E-state index contributed by atoms with van der Waals surface area (Å²) in [5.74, 6) is -0.324. The number of rotatable bonds is 36. The summed E-state index contributed by atoms with van der Waals surface area (Å²) in [6, 6.07) is -0.756. The van der Waals surface area contributed by atoms with Crippen LogP contribution in [-0.2, 0) is 4.79 Å². The molecule has 0 fully saturated rings. The number of nitrogens with one attached hydrogen (secondary N) is 1. The van der Waals surface area contributed by atoms with Gasteiger partial charge in [-0.1, -0.05) is 192 Å². The molecule has 0 radical (unpaired) electrons. The first-order chi connectivity index (χ1) is 22.5. The van der Waals surface area contributed by atoms with Crippen LogP contribution in [0.15, 0.2) is 24.3 Å². The van der Waals surface area contributed by atoms with E-state index < -0.39 is 18.2 Å². The Morgan fingerprint density at radius 1 is 0.543 bits per heavy atom. The van der Waals surface area contributed by atoms with E-state index in [1.54, 1.807) is 6.08 Å². The van der Waals surface area contributed by atoms with Gasteiger partial charge in [0.1, 0.15) is 0 Å². The third-order valence-corrected chi connectivity index (χ3v) is 9.24. The molecule has 0 aliphatic heterocycles. The Morgan fingerprint density at radius 3 is 1.39 bits per heavy atom. The predicted molar refractivity (Wildman–Crippen MR) is 199 cm³/mol. The minimum atomic E-state index is -0.947. The quantitative estimate of drug-likeness (QED) is 0.0401. The lowest BCUT2D eigenvalue weighted by molar-refractivity contribution is -0.124. The van der Waals surface area contributed by atoms with Crippen LogP contribution in [-0.4, -0.2) is 46.1 Å². The number of hydrogen-bond acceptors (Lipinski definition) is 4. The van der Waals surface area contributed by atoms with Crippen molar-refractivity contribution in [3.05, 3.63) is 24.3 Å². The van der Waals surface area contributed by atoms with Crippen molar-refractivity contribution >= 4 is 5.91 Å². The van der Waals surface area contributed by atoms with E-state index in [-0.39, 0.29) is 18.9 Å². The molecule has 0 aliphatic carbocycles. The Balaban J connectivity index is 3.71. The molecule has 1 amide bonds. The zero-order valence-electron chi connectivity index (χ0n) is 30.7. The number of carbonyl (C=O) groups excluding carboxylic acids is 1. The average Bonchev–Trinajstić information content (AvgIpc) is 3.05. The van der Waals surface area contributed by atoms with Gasteiger partial charge >= 0.3 is 0 Å². The van der Waals surface area contributed by atoms with Gasteiger partial charge in [-0.05, 0) is 32.1 Å². The second kappa shape index (κ2) is 36.7. The first kappa shape index (κ1) is 44.8. The molecule has 0 aliphatic rings. The summed E-state index contributed by atoms with van der Waals surface area (Å²) in [5, 5.41) is 33.1. The van der Waals surface area contributed by atoms with Gasteiger partial charge in [0.2, 0.25) is 5.91 Å². The van der Waals surface area contributed by atoms with Crippen LogP contribution in [0, 0.1) is 0 Å². The Morgan fingerprint density at radius 2 is 0.935 bits per heavy atom. The van der Waals surface area contributed by atoms with Gasteiger partial charge in [-0.3, -0.25) is 4.79 Å². The molecule has 0 spiro atoms. The number of carbonyl (C=O) groups is 1. The van der Waals surface area contributed by atoms with E-state index in [2.05, 4.69) is 31.3 Å². The van der Waals surface area contributed by atoms with E-state index in [4.69, 9.17) is 0 Å². The minimum Gasteiger partial charge on any atom is -0.394 e. The highest BCUT2D eigenvalue weighted by atomic mass is 16.3. The van der Waals surface area contributed by atoms with Gasteiger partial charge in [-0.2, -0.15) is 0 Å². The summed E-state index contributed by atoms with van der Waals surface area (Å²) >= 11 is 0. The third kappa shape index (κ3) is 32.8. The summed E-state index contributed by atoms with van der Waals surface area (Å²) in [7, 11) is 0. The summed E-state index contributed by atoms with van der Waals surface area (Å²) < 4.78 is 0. The lowest BCUT2D eigenvalue weighted by Crippen LogP contribution is -2.45. The Bertz CT molecular complexity index is 679. The number of aliphatic hydroxyl groups is 3. The number of aliphatic hydroxyl groups excluding tert-OH is 3. The molecule has 5 heteroatoms. The standard InChI is InChI=1S/C41H79NO4/c1-3-5-7-9-11-13-15-17-19-20-21-22-24-26-28-30-32-34-38(44)36-41(46)42-39(37-43)40(45)35-33-31-29-27-25-23-18-16-14-12-10-8-6-4-2/h25,27,33,35,38-40,43-45H,3-24,26,28-32,34,36-37H2,1-2H3,(H,42,46)/b27-25+,35-33+. The van der Waals surface area contributed by atoms with E-state index in [1.165, 1.54) is 148 Å². The molecule has 3 atom stereocenters. The average molecular weight is 650 g/mol. The van der Waals surface area contributed by atoms with Crippen LogP contribution < -0.4 is 5.32 Å². The first-order valence-corrected chi connectivity index (χ1v) is 20.1. The monoisotopic (exact) mass is 650 g/mol. The fourth-order valence-corrected chi connectivity index (χ4v) is 6.12. The van der Waals surface area contributed by atoms with Crippen LogP contribution in [0.2, 0.25) is 0 Å². The van der Waals surface area contributed by atoms with Crippen LogP contribution in [0.4, 0.5) is 0 Å². The molecule has 0 aromatic carbocycles. The second-order valence-electron chi connectivity index (χ2n) is 13.9. The van der Waals surface area contributed by atoms with Gasteiger partial charge < -0.3 is 20.6 Å². The van der Waals surface area contributed by atoms with Crippen molar-refractivity contribution in [3.8, 4) is 0 Å². The maximum Gasteiger partial charge on any atom is 0.222 e. The normalized spacial score (nSPS) is 13.9. The van der Waals surface area contributed by atoms with Crippen LogP contribution >= 0.6 is 0 Å². The second-order valence-corrected chi connectivity index (χ2v) is 13.9. The maximum absolute atomic E-state index is 12.4. The van der Waals surface area contributed by atoms with Gasteiger partial charge in [0.05, 0.1) is 31.3 Å². The summed E-state index contributed by atoms with van der Waals surface area (Å²) in [5.41, 5.74) is 0. The topological polar surface area (TPSA) is 89.8 Å². The molecule has 0 saturated carbocycles. The van der Waals surface area contributed by atoms with Gasteiger partial charge in [0.25, 0.3) is 0 Å². The lowest BCUT2D eigenvalue weighted by Gasteiger charge is -2.21. The summed E-state index contributed by atoms with van der Waals surface area (Å²) in [4.78, 5) is 12.4. The number of allylic oxidation sites excluding steroid dienone is 3. The largest absolute Gasteiger partial charge is 0.394 e. The Labute approximate surface area is 286 Å². The van der Waals surface area contributed by atoms with E-state index in [0.29, 0.717) is 6.42 Å². The van der Waals surface area contributed by atoms with Gasteiger partial charge in [-0.15, -0.1) is 0 Å². The van der Waals surface area contributed by atoms with Crippen molar-refractivity contribution in [3.63, 3.8) is 0 Å². The molecular formula is C41H79NO4. The van der Waals surface area contributed by atoms with Crippen molar-refractivity contribution in [1.82, 2.24) is 5.32 Å². The highest BCUT2D eigenvalue weighted by Crippen LogP contribution is 2.15. The summed E-state index contributed by atoms with van der Waals surface area (Å²) in [6.07, 6.45) is 43.1. The Kier molecular flexibility index (Phi) is 35.7. The predicted octanol–water partition coefficient (Wildman–Crippen LogP) is 11.0. The van der Waals surface area contributed by atoms with Gasteiger partial charge in [0.15, 0.2) is 0 Å². The van der Waals surface area contributed by atoms with Crippen molar-refractivity contribution < 1.29 is 20.1 Å². The fraction of sp³-hybridized carbons (Fsp3) is 0.878. The number of unbranched alkanes of at least 4 members (excludes halogenated alkanes) is 25. The lowest BCUT2D eigenvalue weighted by atomic mass is 10.0. The zero-order chi connectivity index (χ0) is 33.8. The van der Waals surface area contributed by atoms with Crippen molar-refractivity contribution in [2.75, 3.05) is 6.61 Å². The highest BCUT2D eigenvalue weighted by Gasteiger charge is 2.20. The minimum absolute atomic E-state index is 0.00937. The first-order valence-electron chi connectivity index (χ1n) is 20.1. The van der Waals surface area contributed by atoms with Crippen LogP contribution in [0.1, 0.15) is 206 Å². The maximum atomic E-state index is 12.4. The van der Waals surface area contributed by atoms with Crippen LogP contribution in [0.25, 0.3) is 0 Å². The molecule has 0 aromatic rings. The number of hydrogen-bond donors (Lipinski definition) is 4. The Hall–Kier alpha value is -1.17.